The van der Waals surface area contributed by atoms with E-state index in [9.17, 15) is 5.11 Å². The Balaban J connectivity index is 2.18. The van der Waals surface area contributed by atoms with Crippen molar-refractivity contribution in [3.8, 4) is 0 Å². The quantitative estimate of drug-likeness (QED) is 0.665. The normalized spacial score (nSPS) is 28.9. The maximum Gasteiger partial charge on any atom is 0.110 e. The second-order valence-corrected chi connectivity index (χ2v) is 3.78. The maximum atomic E-state index is 9.40. The highest BCUT2D eigenvalue weighted by molar-refractivity contribution is 6.11. The van der Waals surface area contributed by atoms with Gasteiger partial charge < -0.3 is 10.4 Å². The average molecular weight is 187 g/mol. The van der Waals surface area contributed by atoms with E-state index in [0.29, 0.717) is 5.92 Å². The first kappa shape index (κ1) is 9.75. The molecule has 0 amide bonds. The number of aliphatic hydroxyl groups is 1. The van der Waals surface area contributed by atoms with Crippen LogP contribution in [-0.4, -0.2) is 31.5 Å². The van der Waals surface area contributed by atoms with Crippen molar-refractivity contribution in [1.29, 1.82) is 0 Å². The van der Waals surface area contributed by atoms with Crippen LogP contribution in [0.1, 0.15) is 17.9 Å². The number of benzene rings is 1. The number of aliphatic hydroxyl groups excluding tert-OH is 1. The van der Waals surface area contributed by atoms with Gasteiger partial charge >= 0.3 is 0 Å². The van der Waals surface area contributed by atoms with Gasteiger partial charge in [-0.2, -0.15) is 0 Å². The van der Waals surface area contributed by atoms with E-state index in [-0.39, 0.29) is 6.04 Å². The molecule has 0 aromatic heterocycles. The molecular formula is C11H14BNO. The van der Waals surface area contributed by atoms with Gasteiger partial charge in [-0.15, -0.1) is 0 Å². The molecule has 1 saturated heterocycles. The van der Waals surface area contributed by atoms with Crippen LogP contribution in [0.5, 0.6) is 0 Å². The van der Waals surface area contributed by atoms with Crippen molar-refractivity contribution >= 4 is 7.85 Å². The Morgan fingerprint density at radius 1 is 1.36 bits per heavy atom. The predicted octanol–water partition coefficient (Wildman–Crippen LogP) is 0.619. The fourth-order valence-electron chi connectivity index (χ4n) is 2.16. The second-order valence-electron chi connectivity index (χ2n) is 3.78. The highest BCUT2D eigenvalue weighted by Crippen LogP contribution is 2.28. The van der Waals surface area contributed by atoms with Crippen LogP contribution in [0, 0.1) is 0 Å². The van der Waals surface area contributed by atoms with E-state index in [0.717, 1.165) is 13.0 Å². The molecule has 2 nitrogen and oxygen atoms in total. The van der Waals surface area contributed by atoms with Crippen LogP contribution in [-0.2, 0) is 0 Å². The topological polar surface area (TPSA) is 32.3 Å². The third kappa shape index (κ3) is 1.84. The Hall–Kier alpha value is -0.795. The minimum Gasteiger partial charge on any atom is -0.401 e. The molecule has 1 unspecified atom stereocenters. The minimum atomic E-state index is -0.775. The van der Waals surface area contributed by atoms with Crippen LogP contribution in [0.15, 0.2) is 30.3 Å². The number of hydrogen-bond acceptors (Lipinski definition) is 2. The lowest BCUT2D eigenvalue weighted by atomic mass is 9.82. The van der Waals surface area contributed by atoms with Crippen molar-refractivity contribution in [3.63, 3.8) is 0 Å². The largest absolute Gasteiger partial charge is 0.401 e. The van der Waals surface area contributed by atoms with Gasteiger partial charge in [0, 0.05) is 18.0 Å². The Labute approximate surface area is 85.7 Å². The van der Waals surface area contributed by atoms with Crippen LogP contribution in [0.25, 0.3) is 0 Å². The average Bonchev–Trinajstić information content (AvgIpc) is 2.67. The van der Waals surface area contributed by atoms with E-state index in [4.69, 9.17) is 7.85 Å². The summed E-state index contributed by atoms with van der Waals surface area (Å²) in [5, 5.41) is 12.6. The van der Waals surface area contributed by atoms with Gasteiger partial charge in [-0.3, -0.25) is 0 Å². The van der Waals surface area contributed by atoms with Crippen molar-refractivity contribution in [3.05, 3.63) is 35.9 Å². The highest BCUT2D eigenvalue weighted by atomic mass is 16.3. The molecule has 1 aromatic carbocycles. The van der Waals surface area contributed by atoms with Crippen LogP contribution >= 0.6 is 0 Å². The standard InChI is InChI=1S/C11H14BNO/c12-11(14)10-9(6-7-13-10)8-4-2-1-3-5-8/h1-5,9-11,13-14H,6-7H2/t9-,10+,11?/m1/s1. The van der Waals surface area contributed by atoms with E-state index in [1.54, 1.807) is 0 Å². The summed E-state index contributed by atoms with van der Waals surface area (Å²) in [5.74, 6) is 0.344. The monoisotopic (exact) mass is 187 g/mol. The SMILES string of the molecule is [B]C(O)[C@H]1NCC[C@@H]1c1ccccc1. The lowest BCUT2D eigenvalue weighted by molar-refractivity contribution is 0.204. The summed E-state index contributed by atoms with van der Waals surface area (Å²) in [6.07, 6.45) is 1.04. The fraction of sp³-hybridized carbons (Fsp3) is 0.455. The van der Waals surface area contributed by atoms with Crippen LogP contribution in [0.3, 0.4) is 0 Å². The Morgan fingerprint density at radius 2 is 2.07 bits per heavy atom. The van der Waals surface area contributed by atoms with E-state index in [1.807, 2.05) is 18.2 Å². The van der Waals surface area contributed by atoms with Gasteiger partial charge in [0.15, 0.2) is 0 Å². The van der Waals surface area contributed by atoms with Crippen molar-refractivity contribution < 1.29 is 5.11 Å². The fourth-order valence-corrected chi connectivity index (χ4v) is 2.16. The van der Waals surface area contributed by atoms with Crippen molar-refractivity contribution in [2.24, 2.45) is 0 Å². The molecule has 3 atom stereocenters. The molecule has 14 heavy (non-hydrogen) atoms. The maximum absolute atomic E-state index is 9.40. The van der Waals surface area contributed by atoms with Gasteiger partial charge in [0.05, 0.1) is 0 Å². The van der Waals surface area contributed by atoms with Crippen LogP contribution in [0.4, 0.5) is 0 Å². The first-order valence-electron chi connectivity index (χ1n) is 5.01. The number of hydrogen-bond donors (Lipinski definition) is 2. The van der Waals surface area contributed by atoms with Crippen molar-refractivity contribution in [2.45, 2.75) is 24.4 Å². The zero-order valence-corrected chi connectivity index (χ0v) is 8.06. The first-order chi connectivity index (χ1) is 6.79. The van der Waals surface area contributed by atoms with Gasteiger partial charge in [0.25, 0.3) is 0 Å². The van der Waals surface area contributed by atoms with Crippen LogP contribution in [0.2, 0.25) is 0 Å². The number of rotatable bonds is 2. The minimum absolute atomic E-state index is 0.00241. The molecule has 0 aliphatic carbocycles. The van der Waals surface area contributed by atoms with Gasteiger partial charge in [-0.1, -0.05) is 30.3 Å². The van der Waals surface area contributed by atoms with Crippen molar-refractivity contribution in [1.82, 2.24) is 5.32 Å². The third-order valence-electron chi connectivity index (χ3n) is 2.86. The summed E-state index contributed by atoms with van der Waals surface area (Å²) in [6, 6.07) is 9.45. The molecule has 0 saturated carbocycles. The molecule has 1 aromatic rings. The summed E-state index contributed by atoms with van der Waals surface area (Å²) < 4.78 is 0. The Bertz CT molecular complexity index is 289. The molecule has 0 bridgehead atoms. The second kappa shape index (κ2) is 4.15. The summed E-state index contributed by atoms with van der Waals surface area (Å²) in [6.45, 7) is 0.929. The highest BCUT2D eigenvalue weighted by Gasteiger charge is 2.30. The summed E-state index contributed by atoms with van der Waals surface area (Å²) in [4.78, 5) is 0. The smallest absolute Gasteiger partial charge is 0.110 e. The molecule has 1 heterocycles. The summed E-state index contributed by atoms with van der Waals surface area (Å²) in [7, 11) is 5.52. The third-order valence-corrected chi connectivity index (χ3v) is 2.86. The molecule has 2 N–H and O–H groups in total. The van der Waals surface area contributed by atoms with Gasteiger partial charge in [-0.05, 0) is 18.5 Å². The zero-order valence-electron chi connectivity index (χ0n) is 8.06. The molecule has 0 spiro atoms. The predicted molar refractivity (Wildman–Crippen MR) is 57.4 cm³/mol. The van der Waals surface area contributed by atoms with Gasteiger partial charge in [-0.25, -0.2) is 0 Å². The van der Waals surface area contributed by atoms with Gasteiger partial charge in [0.2, 0.25) is 0 Å². The lowest BCUT2D eigenvalue weighted by Crippen LogP contribution is -2.38. The molecule has 1 fully saturated rings. The molecule has 2 rings (SSSR count). The number of nitrogens with one attached hydrogen (secondary N) is 1. The van der Waals surface area contributed by atoms with E-state index < -0.39 is 6.00 Å². The molecule has 1 aliphatic rings. The Kier molecular flexibility index (Phi) is 2.89. The Morgan fingerprint density at radius 3 is 2.71 bits per heavy atom. The zero-order chi connectivity index (χ0) is 9.97. The van der Waals surface area contributed by atoms with E-state index >= 15 is 0 Å². The first-order valence-corrected chi connectivity index (χ1v) is 5.01. The van der Waals surface area contributed by atoms with E-state index in [1.165, 1.54) is 5.56 Å². The summed E-state index contributed by atoms with van der Waals surface area (Å²) in [5.41, 5.74) is 1.26. The van der Waals surface area contributed by atoms with Gasteiger partial charge in [0.1, 0.15) is 7.85 Å². The lowest BCUT2D eigenvalue weighted by Gasteiger charge is -2.22. The molecule has 1 aliphatic heterocycles. The van der Waals surface area contributed by atoms with E-state index in [2.05, 4.69) is 17.4 Å². The van der Waals surface area contributed by atoms with Crippen molar-refractivity contribution in [2.75, 3.05) is 6.54 Å². The molecule has 2 radical (unpaired) electrons. The van der Waals surface area contributed by atoms with Crippen LogP contribution < -0.4 is 5.32 Å². The summed E-state index contributed by atoms with van der Waals surface area (Å²) >= 11 is 0. The molecule has 72 valence electrons. The molecule has 3 heteroatoms. The molecular weight excluding hydrogens is 173 g/mol.